The molecule has 0 aliphatic carbocycles. The predicted octanol–water partition coefficient (Wildman–Crippen LogP) is 4.83. The fraction of sp³-hybridized carbons (Fsp3) is 0.167. The number of hydrogen-bond acceptors (Lipinski definition) is 3. The molecule has 0 saturated heterocycles. The zero-order valence-electron chi connectivity index (χ0n) is 16.6. The van der Waals surface area contributed by atoms with E-state index < -0.39 is 0 Å². The average molecular weight is 388 g/mol. The van der Waals surface area contributed by atoms with Crippen LogP contribution in [-0.2, 0) is 11.2 Å². The molecule has 0 bridgehead atoms. The normalized spacial score (nSPS) is 10.3. The van der Waals surface area contributed by atoms with Crippen LogP contribution in [0.5, 0.6) is 5.75 Å². The number of ether oxygens (including phenoxy) is 1. The molecule has 0 fully saturated rings. The monoisotopic (exact) mass is 388 g/mol. The Balaban J connectivity index is 1.51. The van der Waals surface area contributed by atoms with E-state index in [1.165, 1.54) is 5.56 Å². The molecular weight excluding hydrogens is 364 g/mol. The number of hydrogen-bond donors (Lipinski definition) is 2. The highest BCUT2D eigenvalue weighted by molar-refractivity contribution is 6.05. The van der Waals surface area contributed by atoms with Crippen LogP contribution in [0.4, 0.5) is 11.4 Å². The van der Waals surface area contributed by atoms with Gasteiger partial charge in [-0.1, -0.05) is 37.3 Å². The number of carbonyl (C=O) groups excluding carboxylic acids is 2. The van der Waals surface area contributed by atoms with Crippen molar-refractivity contribution in [3.05, 3.63) is 89.5 Å². The molecule has 0 aliphatic rings. The lowest BCUT2D eigenvalue weighted by atomic mass is 10.1. The number of rotatable bonds is 7. The number of benzene rings is 3. The molecule has 29 heavy (non-hydrogen) atoms. The van der Waals surface area contributed by atoms with E-state index in [4.69, 9.17) is 4.74 Å². The topological polar surface area (TPSA) is 67.4 Å². The summed E-state index contributed by atoms with van der Waals surface area (Å²) in [5.74, 6) is 0.246. The molecule has 0 radical (unpaired) electrons. The van der Waals surface area contributed by atoms with E-state index in [9.17, 15) is 9.59 Å². The van der Waals surface area contributed by atoms with Crippen LogP contribution in [0, 0.1) is 6.92 Å². The second kappa shape index (κ2) is 9.55. The summed E-state index contributed by atoms with van der Waals surface area (Å²) in [7, 11) is 0. The van der Waals surface area contributed by atoms with Gasteiger partial charge in [0.2, 0.25) is 0 Å². The maximum atomic E-state index is 12.4. The maximum Gasteiger partial charge on any atom is 0.262 e. The van der Waals surface area contributed by atoms with E-state index in [2.05, 4.69) is 17.6 Å². The van der Waals surface area contributed by atoms with Crippen molar-refractivity contribution in [1.29, 1.82) is 0 Å². The Morgan fingerprint density at radius 1 is 0.828 bits per heavy atom. The van der Waals surface area contributed by atoms with E-state index in [0.29, 0.717) is 22.7 Å². The molecule has 2 amide bonds. The molecular formula is C24H24N2O3. The molecule has 0 aromatic heterocycles. The second-order valence-corrected chi connectivity index (χ2v) is 6.68. The van der Waals surface area contributed by atoms with Crippen molar-refractivity contribution in [3.63, 3.8) is 0 Å². The zero-order chi connectivity index (χ0) is 20.6. The van der Waals surface area contributed by atoms with Crippen molar-refractivity contribution < 1.29 is 14.3 Å². The Labute approximate surface area is 170 Å². The fourth-order valence-electron chi connectivity index (χ4n) is 2.83. The molecule has 3 aromatic rings. The van der Waals surface area contributed by atoms with Gasteiger partial charge in [0.05, 0.1) is 0 Å². The highest BCUT2D eigenvalue weighted by Gasteiger charge is 2.09. The van der Waals surface area contributed by atoms with Gasteiger partial charge in [-0.15, -0.1) is 0 Å². The van der Waals surface area contributed by atoms with Crippen LogP contribution in [0.3, 0.4) is 0 Å². The first-order valence-corrected chi connectivity index (χ1v) is 9.54. The lowest BCUT2D eigenvalue weighted by Crippen LogP contribution is -2.20. The average Bonchev–Trinajstić information content (AvgIpc) is 2.74. The highest BCUT2D eigenvalue weighted by atomic mass is 16.5. The van der Waals surface area contributed by atoms with Crippen molar-refractivity contribution in [2.24, 2.45) is 0 Å². The molecule has 0 atom stereocenters. The van der Waals surface area contributed by atoms with Crippen molar-refractivity contribution in [3.8, 4) is 5.75 Å². The first-order valence-electron chi connectivity index (χ1n) is 9.54. The molecule has 5 nitrogen and oxygen atoms in total. The molecule has 0 unspecified atom stereocenters. The lowest BCUT2D eigenvalue weighted by molar-refractivity contribution is -0.118. The van der Waals surface area contributed by atoms with Gasteiger partial charge in [0.25, 0.3) is 11.8 Å². The minimum absolute atomic E-state index is 0.0722. The molecule has 0 aliphatic heterocycles. The molecule has 3 rings (SSSR count). The number of nitrogens with one attached hydrogen (secondary N) is 2. The molecule has 0 spiro atoms. The van der Waals surface area contributed by atoms with Crippen molar-refractivity contribution in [2.75, 3.05) is 17.2 Å². The van der Waals surface area contributed by atoms with Crippen LogP contribution in [0.15, 0.2) is 72.8 Å². The maximum absolute atomic E-state index is 12.4. The van der Waals surface area contributed by atoms with Crippen LogP contribution in [0.25, 0.3) is 0 Å². The molecule has 148 valence electrons. The summed E-state index contributed by atoms with van der Waals surface area (Å²) < 4.78 is 5.51. The molecule has 3 aromatic carbocycles. The van der Waals surface area contributed by atoms with Crippen LogP contribution >= 0.6 is 0 Å². The van der Waals surface area contributed by atoms with Gasteiger partial charge >= 0.3 is 0 Å². The summed E-state index contributed by atoms with van der Waals surface area (Å²) in [5, 5.41) is 5.64. The fourth-order valence-corrected chi connectivity index (χ4v) is 2.83. The van der Waals surface area contributed by atoms with E-state index in [1.54, 1.807) is 30.3 Å². The number of carbonyl (C=O) groups is 2. The van der Waals surface area contributed by atoms with Crippen molar-refractivity contribution in [1.82, 2.24) is 0 Å². The summed E-state index contributed by atoms with van der Waals surface area (Å²) in [6.07, 6.45) is 0.960. The molecule has 2 N–H and O–H groups in total. The summed E-state index contributed by atoms with van der Waals surface area (Å²) in [4.78, 5) is 24.4. The molecule has 0 saturated carbocycles. The smallest absolute Gasteiger partial charge is 0.262 e. The predicted molar refractivity (Wildman–Crippen MR) is 116 cm³/mol. The van der Waals surface area contributed by atoms with E-state index >= 15 is 0 Å². The molecule has 0 heterocycles. The Morgan fingerprint density at radius 3 is 2.07 bits per heavy atom. The standard InChI is InChI=1S/C24H24N2O3/c1-3-18-8-14-21(15-9-18)29-16-23(27)25-19-10-12-20(13-11-19)26-24(28)22-7-5-4-6-17(22)2/h4-15H,3,16H2,1-2H3,(H,25,27)(H,26,28). The summed E-state index contributed by atoms with van der Waals surface area (Å²) >= 11 is 0. The van der Waals surface area contributed by atoms with Crippen molar-refractivity contribution >= 4 is 23.2 Å². The third-order valence-corrected chi connectivity index (χ3v) is 4.52. The van der Waals surface area contributed by atoms with Gasteiger partial charge < -0.3 is 15.4 Å². The van der Waals surface area contributed by atoms with Gasteiger partial charge in [-0.2, -0.15) is 0 Å². The quantitative estimate of drug-likeness (QED) is 0.609. The van der Waals surface area contributed by atoms with Gasteiger partial charge in [0, 0.05) is 16.9 Å². The zero-order valence-corrected chi connectivity index (χ0v) is 16.6. The van der Waals surface area contributed by atoms with Crippen LogP contribution in [0.2, 0.25) is 0 Å². The Kier molecular flexibility index (Phi) is 6.63. The van der Waals surface area contributed by atoms with Crippen LogP contribution in [0.1, 0.15) is 28.4 Å². The summed E-state index contributed by atoms with van der Waals surface area (Å²) in [5.41, 5.74) is 4.06. The molecule has 5 heteroatoms. The summed E-state index contributed by atoms with van der Waals surface area (Å²) in [6, 6.07) is 22.1. The SMILES string of the molecule is CCc1ccc(OCC(=O)Nc2ccc(NC(=O)c3ccccc3C)cc2)cc1. The van der Waals surface area contributed by atoms with Gasteiger partial charge in [-0.3, -0.25) is 9.59 Å². The van der Waals surface area contributed by atoms with Gasteiger partial charge in [0.1, 0.15) is 5.75 Å². The van der Waals surface area contributed by atoms with E-state index in [-0.39, 0.29) is 18.4 Å². The first-order chi connectivity index (χ1) is 14.0. The largest absolute Gasteiger partial charge is 0.484 e. The van der Waals surface area contributed by atoms with Crippen LogP contribution < -0.4 is 15.4 Å². The van der Waals surface area contributed by atoms with Gasteiger partial charge in [-0.05, 0) is 66.9 Å². The Hall–Kier alpha value is -3.60. The Bertz CT molecular complexity index is 980. The minimum Gasteiger partial charge on any atom is -0.484 e. The van der Waals surface area contributed by atoms with Crippen molar-refractivity contribution in [2.45, 2.75) is 20.3 Å². The van der Waals surface area contributed by atoms with Gasteiger partial charge in [-0.25, -0.2) is 0 Å². The van der Waals surface area contributed by atoms with E-state index in [0.717, 1.165) is 12.0 Å². The first kappa shape index (κ1) is 20.1. The van der Waals surface area contributed by atoms with Gasteiger partial charge in [0.15, 0.2) is 6.61 Å². The third kappa shape index (κ3) is 5.69. The number of anilines is 2. The highest BCUT2D eigenvalue weighted by Crippen LogP contribution is 2.16. The number of aryl methyl sites for hydroxylation is 2. The lowest BCUT2D eigenvalue weighted by Gasteiger charge is -2.10. The third-order valence-electron chi connectivity index (χ3n) is 4.52. The van der Waals surface area contributed by atoms with Crippen LogP contribution in [-0.4, -0.2) is 18.4 Å². The van der Waals surface area contributed by atoms with E-state index in [1.807, 2.05) is 49.4 Å². The number of amides is 2. The summed E-state index contributed by atoms with van der Waals surface area (Å²) in [6.45, 7) is 3.91. The minimum atomic E-state index is -0.249. The second-order valence-electron chi connectivity index (χ2n) is 6.68. The Morgan fingerprint density at radius 2 is 1.45 bits per heavy atom.